The van der Waals surface area contributed by atoms with Gasteiger partial charge in [0, 0.05) is 11.3 Å². The third-order valence-corrected chi connectivity index (χ3v) is 4.05. The number of carbonyl (C=O) groups excluding carboxylic acids is 1. The number of nitrogens with zero attached hydrogens (tertiary/aromatic N) is 3. The lowest BCUT2D eigenvalue weighted by molar-refractivity contribution is 0.102. The number of ether oxygens (including phenoxy) is 1. The summed E-state index contributed by atoms with van der Waals surface area (Å²) in [5.41, 5.74) is 3.09. The molecule has 3 aromatic carbocycles. The molecule has 0 aliphatic rings. The Kier molecular flexibility index (Phi) is 4.25. The van der Waals surface area contributed by atoms with E-state index in [9.17, 15) is 9.18 Å². The van der Waals surface area contributed by atoms with E-state index in [1.54, 1.807) is 25.3 Å². The fourth-order valence-corrected chi connectivity index (χ4v) is 2.63. The molecule has 0 atom stereocenters. The van der Waals surface area contributed by atoms with E-state index in [0.29, 0.717) is 22.3 Å². The van der Waals surface area contributed by atoms with Crippen LogP contribution in [0.3, 0.4) is 0 Å². The summed E-state index contributed by atoms with van der Waals surface area (Å²) in [4.78, 5) is 13.8. The van der Waals surface area contributed by atoms with Crippen LogP contribution in [0, 0.1) is 5.82 Å². The van der Waals surface area contributed by atoms with Crippen molar-refractivity contribution < 1.29 is 13.9 Å². The Morgan fingerprint density at radius 3 is 2.37 bits per heavy atom. The first kappa shape index (κ1) is 16.7. The van der Waals surface area contributed by atoms with Gasteiger partial charge in [0.2, 0.25) is 0 Å². The second kappa shape index (κ2) is 6.87. The molecule has 0 aliphatic heterocycles. The minimum atomic E-state index is -0.386. The van der Waals surface area contributed by atoms with Crippen molar-refractivity contribution in [2.24, 2.45) is 0 Å². The van der Waals surface area contributed by atoms with Crippen LogP contribution in [0.1, 0.15) is 10.4 Å². The number of anilines is 1. The molecular formula is C20H15FN4O2. The van der Waals surface area contributed by atoms with Crippen LogP contribution >= 0.6 is 0 Å². The standard InChI is InChI=1S/C20H15FN4O2/c1-27-17-9-7-16(8-10-17)25-23-18-11-6-15(12-19(18)24-25)22-20(26)13-2-4-14(21)5-3-13/h2-12H,1H3,(H,22,26). The molecule has 1 aromatic heterocycles. The molecule has 0 unspecified atom stereocenters. The van der Waals surface area contributed by atoms with Crippen LogP contribution < -0.4 is 10.1 Å². The Hall–Kier alpha value is -3.74. The minimum Gasteiger partial charge on any atom is -0.497 e. The Bertz CT molecular complexity index is 1110. The van der Waals surface area contributed by atoms with Gasteiger partial charge < -0.3 is 10.1 Å². The summed E-state index contributed by atoms with van der Waals surface area (Å²) < 4.78 is 18.1. The highest BCUT2D eigenvalue weighted by Crippen LogP contribution is 2.19. The molecule has 134 valence electrons. The summed E-state index contributed by atoms with van der Waals surface area (Å²) in [5.74, 6) is 0.0428. The van der Waals surface area contributed by atoms with Crippen LogP contribution in [0.4, 0.5) is 10.1 Å². The zero-order chi connectivity index (χ0) is 18.8. The summed E-state index contributed by atoms with van der Waals surface area (Å²) in [6, 6.07) is 18.0. The van der Waals surface area contributed by atoms with Crippen LogP contribution in [-0.4, -0.2) is 28.0 Å². The van der Waals surface area contributed by atoms with Crippen molar-refractivity contribution in [3.8, 4) is 11.4 Å². The smallest absolute Gasteiger partial charge is 0.255 e. The molecule has 4 rings (SSSR count). The van der Waals surface area contributed by atoms with Gasteiger partial charge in [-0.3, -0.25) is 4.79 Å². The number of amides is 1. The van der Waals surface area contributed by atoms with E-state index >= 15 is 0 Å². The number of hydrogen-bond acceptors (Lipinski definition) is 4. The highest BCUT2D eigenvalue weighted by Gasteiger charge is 2.09. The maximum absolute atomic E-state index is 13.0. The van der Waals surface area contributed by atoms with Gasteiger partial charge in [-0.1, -0.05) is 0 Å². The molecule has 0 saturated heterocycles. The number of benzene rings is 3. The normalized spacial score (nSPS) is 10.7. The van der Waals surface area contributed by atoms with Gasteiger partial charge in [0.15, 0.2) is 0 Å². The number of rotatable bonds is 4. The molecule has 7 heteroatoms. The lowest BCUT2D eigenvalue weighted by Crippen LogP contribution is -2.11. The monoisotopic (exact) mass is 362 g/mol. The molecule has 0 saturated carbocycles. The fraction of sp³-hybridized carbons (Fsp3) is 0.0500. The molecule has 0 fully saturated rings. The molecule has 0 aliphatic carbocycles. The van der Waals surface area contributed by atoms with Gasteiger partial charge in [-0.15, -0.1) is 10.2 Å². The highest BCUT2D eigenvalue weighted by atomic mass is 19.1. The number of halogens is 1. The van der Waals surface area contributed by atoms with Gasteiger partial charge in [-0.25, -0.2) is 4.39 Å². The van der Waals surface area contributed by atoms with Crippen molar-refractivity contribution >= 4 is 22.6 Å². The predicted molar refractivity (Wildman–Crippen MR) is 99.8 cm³/mol. The Morgan fingerprint density at radius 2 is 1.67 bits per heavy atom. The third-order valence-electron chi connectivity index (χ3n) is 4.05. The first-order chi connectivity index (χ1) is 13.1. The van der Waals surface area contributed by atoms with Gasteiger partial charge >= 0.3 is 0 Å². The average molecular weight is 362 g/mol. The number of aromatic nitrogens is 3. The number of carbonyl (C=O) groups is 1. The predicted octanol–water partition coefficient (Wildman–Crippen LogP) is 3.82. The Morgan fingerprint density at radius 1 is 0.963 bits per heavy atom. The SMILES string of the molecule is COc1ccc(-n2nc3ccc(NC(=O)c4ccc(F)cc4)cc3n2)cc1. The topological polar surface area (TPSA) is 69.0 Å². The van der Waals surface area contributed by atoms with Crippen LogP contribution in [0.5, 0.6) is 5.75 Å². The summed E-state index contributed by atoms with van der Waals surface area (Å²) in [6.45, 7) is 0. The van der Waals surface area contributed by atoms with E-state index in [1.165, 1.54) is 29.1 Å². The van der Waals surface area contributed by atoms with Crippen LogP contribution in [0.25, 0.3) is 16.7 Å². The van der Waals surface area contributed by atoms with Crippen LogP contribution in [0.2, 0.25) is 0 Å². The molecule has 27 heavy (non-hydrogen) atoms. The zero-order valence-electron chi connectivity index (χ0n) is 14.4. The van der Waals surface area contributed by atoms with Gasteiger partial charge in [0.05, 0.1) is 12.8 Å². The van der Waals surface area contributed by atoms with Crippen molar-refractivity contribution in [3.05, 3.63) is 78.1 Å². The number of fused-ring (bicyclic) bond motifs is 1. The van der Waals surface area contributed by atoms with Crippen molar-refractivity contribution in [3.63, 3.8) is 0 Å². The van der Waals surface area contributed by atoms with Crippen molar-refractivity contribution in [2.75, 3.05) is 12.4 Å². The van der Waals surface area contributed by atoms with Gasteiger partial charge in [-0.2, -0.15) is 4.80 Å². The van der Waals surface area contributed by atoms with E-state index in [0.717, 1.165) is 11.4 Å². The number of hydrogen-bond donors (Lipinski definition) is 1. The zero-order valence-corrected chi connectivity index (χ0v) is 14.4. The lowest BCUT2D eigenvalue weighted by atomic mass is 10.2. The van der Waals surface area contributed by atoms with Gasteiger partial charge in [0.1, 0.15) is 22.6 Å². The first-order valence-corrected chi connectivity index (χ1v) is 8.21. The molecule has 1 N–H and O–H groups in total. The second-order valence-corrected chi connectivity index (χ2v) is 5.85. The van der Waals surface area contributed by atoms with E-state index < -0.39 is 0 Å². The van der Waals surface area contributed by atoms with Crippen molar-refractivity contribution in [1.29, 1.82) is 0 Å². The largest absolute Gasteiger partial charge is 0.497 e. The molecule has 1 heterocycles. The highest BCUT2D eigenvalue weighted by molar-refractivity contribution is 6.04. The summed E-state index contributed by atoms with van der Waals surface area (Å²) in [7, 11) is 1.61. The minimum absolute atomic E-state index is 0.322. The van der Waals surface area contributed by atoms with E-state index in [1.807, 2.05) is 24.3 Å². The molecule has 1 amide bonds. The summed E-state index contributed by atoms with van der Waals surface area (Å²) in [5, 5.41) is 11.7. The Balaban J connectivity index is 1.58. The number of methoxy groups -OCH3 is 1. The lowest BCUT2D eigenvalue weighted by Gasteiger charge is -2.04. The van der Waals surface area contributed by atoms with E-state index in [2.05, 4.69) is 15.5 Å². The van der Waals surface area contributed by atoms with Crippen LogP contribution in [-0.2, 0) is 0 Å². The molecule has 0 spiro atoms. The maximum Gasteiger partial charge on any atom is 0.255 e. The second-order valence-electron chi connectivity index (χ2n) is 5.85. The van der Waals surface area contributed by atoms with Gasteiger partial charge in [0.25, 0.3) is 5.91 Å². The average Bonchev–Trinajstić information content (AvgIpc) is 3.12. The number of nitrogens with one attached hydrogen (secondary N) is 1. The van der Waals surface area contributed by atoms with E-state index in [-0.39, 0.29) is 11.7 Å². The fourth-order valence-electron chi connectivity index (χ4n) is 2.63. The van der Waals surface area contributed by atoms with Crippen molar-refractivity contribution in [1.82, 2.24) is 15.0 Å². The molecule has 0 bridgehead atoms. The van der Waals surface area contributed by atoms with Crippen molar-refractivity contribution in [2.45, 2.75) is 0 Å². The van der Waals surface area contributed by atoms with Gasteiger partial charge in [-0.05, 0) is 66.7 Å². The molecule has 6 nitrogen and oxygen atoms in total. The quantitative estimate of drug-likeness (QED) is 0.599. The Labute approximate surface area is 154 Å². The summed E-state index contributed by atoms with van der Waals surface area (Å²) >= 11 is 0. The third kappa shape index (κ3) is 3.48. The van der Waals surface area contributed by atoms with E-state index in [4.69, 9.17) is 4.74 Å². The molecule has 4 aromatic rings. The first-order valence-electron chi connectivity index (χ1n) is 8.21. The summed E-state index contributed by atoms with van der Waals surface area (Å²) in [6.07, 6.45) is 0. The molecule has 0 radical (unpaired) electrons. The maximum atomic E-state index is 13.0. The van der Waals surface area contributed by atoms with Crippen LogP contribution in [0.15, 0.2) is 66.7 Å². The molecular weight excluding hydrogens is 347 g/mol.